The minimum absolute atomic E-state index is 0.121. The number of aromatic nitrogens is 1. The SMILES string of the molecule is COCCN(C(=O)c1cc(S(=O)(=O)N2CCOCC2)c[nH]1)C1CC1. The number of morpholine rings is 1. The van der Waals surface area contributed by atoms with E-state index in [9.17, 15) is 13.2 Å². The lowest BCUT2D eigenvalue weighted by molar-refractivity contribution is 0.0675. The van der Waals surface area contributed by atoms with E-state index >= 15 is 0 Å². The summed E-state index contributed by atoms with van der Waals surface area (Å²) in [7, 11) is -2.00. The van der Waals surface area contributed by atoms with Crippen LogP contribution in [0.4, 0.5) is 0 Å². The number of hydrogen-bond donors (Lipinski definition) is 1. The highest BCUT2D eigenvalue weighted by Crippen LogP contribution is 2.28. The molecule has 0 spiro atoms. The zero-order chi connectivity index (χ0) is 17.2. The summed E-state index contributed by atoms with van der Waals surface area (Å²) in [6, 6.07) is 1.66. The van der Waals surface area contributed by atoms with Crippen molar-refractivity contribution in [2.24, 2.45) is 0 Å². The van der Waals surface area contributed by atoms with E-state index in [0.29, 0.717) is 45.1 Å². The summed E-state index contributed by atoms with van der Waals surface area (Å²) in [5.41, 5.74) is 0.296. The van der Waals surface area contributed by atoms with Crippen LogP contribution in [0.25, 0.3) is 0 Å². The molecular weight excluding hydrogens is 334 g/mol. The molecule has 1 amide bonds. The van der Waals surface area contributed by atoms with E-state index in [-0.39, 0.29) is 16.8 Å². The van der Waals surface area contributed by atoms with Crippen LogP contribution in [0.1, 0.15) is 23.3 Å². The summed E-state index contributed by atoms with van der Waals surface area (Å²) in [5.74, 6) is -0.182. The number of sulfonamides is 1. The van der Waals surface area contributed by atoms with Crippen molar-refractivity contribution in [2.75, 3.05) is 46.6 Å². The van der Waals surface area contributed by atoms with Crippen molar-refractivity contribution >= 4 is 15.9 Å². The number of carbonyl (C=O) groups excluding carboxylic acids is 1. The molecule has 9 heteroatoms. The maximum atomic E-state index is 12.7. The second kappa shape index (κ2) is 7.22. The Balaban J connectivity index is 1.75. The smallest absolute Gasteiger partial charge is 0.270 e. The van der Waals surface area contributed by atoms with Gasteiger partial charge in [-0.05, 0) is 18.9 Å². The molecule has 2 aliphatic rings. The van der Waals surface area contributed by atoms with E-state index in [4.69, 9.17) is 9.47 Å². The zero-order valence-electron chi connectivity index (χ0n) is 13.7. The lowest BCUT2D eigenvalue weighted by Crippen LogP contribution is -2.40. The average Bonchev–Trinajstić information content (AvgIpc) is 3.30. The van der Waals surface area contributed by atoms with Crippen molar-refractivity contribution in [3.63, 3.8) is 0 Å². The maximum absolute atomic E-state index is 12.7. The summed E-state index contributed by atoms with van der Waals surface area (Å²) in [6.07, 6.45) is 3.35. The van der Waals surface area contributed by atoms with E-state index in [2.05, 4.69) is 4.98 Å². The Morgan fingerprint density at radius 3 is 2.75 bits per heavy atom. The van der Waals surface area contributed by atoms with Crippen LogP contribution in [0.2, 0.25) is 0 Å². The molecule has 0 atom stereocenters. The first kappa shape index (κ1) is 17.4. The van der Waals surface area contributed by atoms with Crippen molar-refractivity contribution < 1.29 is 22.7 Å². The van der Waals surface area contributed by atoms with Crippen molar-refractivity contribution in [1.29, 1.82) is 0 Å². The number of aromatic amines is 1. The Morgan fingerprint density at radius 1 is 1.42 bits per heavy atom. The fourth-order valence-corrected chi connectivity index (χ4v) is 4.17. The monoisotopic (exact) mass is 357 g/mol. The van der Waals surface area contributed by atoms with Crippen LogP contribution in [0, 0.1) is 0 Å². The zero-order valence-corrected chi connectivity index (χ0v) is 14.5. The second-order valence-electron chi connectivity index (χ2n) is 5.99. The highest BCUT2D eigenvalue weighted by atomic mass is 32.2. The van der Waals surface area contributed by atoms with Gasteiger partial charge in [-0.15, -0.1) is 0 Å². The third-order valence-electron chi connectivity index (χ3n) is 4.28. The molecule has 0 bridgehead atoms. The molecule has 134 valence electrons. The van der Waals surface area contributed by atoms with Gasteiger partial charge in [-0.2, -0.15) is 4.31 Å². The molecule has 2 fully saturated rings. The Morgan fingerprint density at radius 2 is 2.12 bits per heavy atom. The van der Waals surface area contributed by atoms with Gasteiger partial charge < -0.3 is 19.4 Å². The van der Waals surface area contributed by atoms with Gasteiger partial charge >= 0.3 is 0 Å². The third-order valence-corrected chi connectivity index (χ3v) is 6.16. The summed E-state index contributed by atoms with van der Waals surface area (Å²) in [4.78, 5) is 17.4. The number of nitrogens with one attached hydrogen (secondary N) is 1. The first-order chi connectivity index (χ1) is 11.5. The molecule has 1 saturated carbocycles. The van der Waals surface area contributed by atoms with Gasteiger partial charge in [-0.25, -0.2) is 8.42 Å². The van der Waals surface area contributed by atoms with Gasteiger partial charge in [0.2, 0.25) is 10.0 Å². The first-order valence-electron chi connectivity index (χ1n) is 8.10. The van der Waals surface area contributed by atoms with Crippen molar-refractivity contribution in [2.45, 2.75) is 23.8 Å². The number of rotatable bonds is 7. The van der Waals surface area contributed by atoms with Gasteiger partial charge in [0.05, 0.1) is 19.8 Å². The van der Waals surface area contributed by atoms with Crippen LogP contribution in [-0.2, 0) is 19.5 Å². The predicted molar refractivity (Wildman–Crippen MR) is 86.3 cm³/mol. The molecule has 1 saturated heterocycles. The topological polar surface area (TPSA) is 91.9 Å². The Bertz CT molecular complexity index is 677. The standard InChI is InChI=1S/C15H23N3O5S/c1-22-7-6-18(12-2-3-12)15(19)14-10-13(11-16-14)24(20,21)17-4-8-23-9-5-17/h10-12,16H,2-9H2,1H3. The summed E-state index contributed by atoms with van der Waals surface area (Å²) in [5, 5.41) is 0. The predicted octanol–water partition coefficient (Wildman–Crippen LogP) is 0.287. The van der Waals surface area contributed by atoms with E-state index in [0.717, 1.165) is 12.8 Å². The number of methoxy groups -OCH3 is 1. The summed E-state index contributed by atoms with van der Waals surface area (Å²) in [6.45, 7) is 2.41. The molecule has 8 nitrogen and oxygen atoms in total. The van der Waals surface area contributed by atoms with Gasteiger partial charge in [0.25, 0.3) is 5.91 Å². The molecule has 1 N–H and O–H groups in total. The number of amides is 1. The maximum Gasteiger partial charge on any atom is 0.270 e. The molecule has 0 aromatic carbocycles. The van der Waals surface area contributed by atoms with E-state index < -0.39 is 10.0 Å². The van der Waals surface area contributed by atoms with Crippen LogP contribution >= 0.6 is 0 Å². The van der Waals surface area contributed by atoms with Gasteiger partial charge in [0.1, 0.15) is 10.6 Å². The number of ether oxygens (including phenoxy) is 2. The molecule has 0 unspecified atom stereocenters. The normalized spacial score (nSPS) is 19.4. The second-order valence-corrected chi connectivity index (χ2v) is 7.93. The first-order valence-corrected chi connectivity index (χ1v) is 9.54. The molecule has 1 aromatic heterocycles. The van der Waals surface area contributed by atoms with E-state index in [1.165, 1.54) is 16.6 Å². The fraction of sp³-hybridized carbons (Fsp3) is 0.667. The number of carbonyl (C=O) groups is 1. The molecule has 24 heavy (non-hydrogen) atoms. The molecule has 2 heterocycles. The van der Waals surface area contributed by atoms with E-state index in [1.807, 2.05) is 0 Å². The minimum atomic E-state index is -3.60. The minimum Gasteiger partial charge on any atom is -0.383 e. The van der Waals surface area contributed by atoms with Gasteiger partial charge in [0.15, 0.2) is 0 Å². The molecular formula is C15H23N3O5S. The molecule has 3 rings (SSSR count). The van der Waals surface area contributed by atoms with E-state index in [1.54, 1.807) is 12.0 Å². The Labute approximate surface area is 141 Å². The van der Waals surface area contributed by atoms with Crippen LogP contribution in [0.15, 0.2) is 17.2 Å². The Hall–Kier alpha value is -1.42. The molecule has 1 aliphatic carbocycles. The van der Waals surface area contributed by atoms with Crippen LogP contribution < -0.4 is 0 Å². The Kier molecular flexibility index (Phi) is 5.24. The van der Waals surface area contributed by atoms with Crippen LogP contribution in [-0.4, -0.2) is 81.1 Å². The van der Waals surface area contributed by atoms with Crippen molar-refractivity contribution in [1.82, 2.24) is 14.2 Å². The highest BCUT2D eigenvalue weighted by Gasteiger charge is 2.34. The van der Waals surface area contributed by atoms with Crippen molar-refractivity contribution in [3.8, 4) is 0 Å². The van der Waals surface area contributed by atoms with Gasteiger partial charge in [-0.3, -0.25) is 4.79 Å². The largest absolute Gasteiger partial charge is 0.383 e. The molecule has 1 aliphatic heterocycles. The van der Waals surface area contributed by atoms with Gasteiger partial charge in [0, 0.05) is 39.0 Å². The molecule has 1 aromatic rings. The lowest BCUT2D eigenvalue weighted by atomic mass is 10.3. The van der Waals surface area contributed by atoms with Crippen LogP contribution in [0.3, 0.4) is 0 Å². The fourth-order valence-electron chi connectivity index (χ4n) is 2.76. The quantitative estimate of drug-likeness (QED) is 0.757. The number of nitrogens with zero attached hydrogens (tertiary/aromatic N) is 2. The highest BCUT2D eigenvalue weighted by molar-refractivity contribution is 7.89. The molecule has 0 radical (unpaired) electrons. The third kappa shape index (κ3) is 3.64. The summed E-state index contributed by atoms with van der Waals surface area (Å²) >= 11 is 0. The van der Waals surface area contributed by atoms with Crippen molar-refractivity contribution in [3.05, 3.63) is 18.0 Å². The lowest BCUT2D eigenvalue weighted by Gasteiger charge is -2.25. The average molecular weight is 357 g/mol. The number of hydrogen-bond acceptors (Lipinski definition) is 5. The van der Waals surface area contributed by atoms with Crippen LogP contribution in [0.5, 0.6) is 0 Å². The van der Waals surface area contributed by atoms with Gasteiger partial charge in [-0.1, -0.05) is 0 Å². The summed E-state index contributed by atoms with van der Waals surface area (Å²) < 4.78 is 36.9. The number of H-pyrrole nitrogens is 1.